The molecule has 0 spiro atoms. The Hall–Kier alpha value is -2.24. The second kappa shape index (κ2) is 7.85. The minimum atomic E-state index is -0.324. The Morgan fingerprint density at radius 1 is 1.35 bits per heavy atom. The molecule has 0 aromatic heterocycles. The lowest BCUT2D eigenvalue weighted by atomic mass is 10.1. The highest BCUT2D eigenvalue weighted by molar-refractivity contribution is 5.98. The van der Waals surface area contributed by atoms with Gasteiger partial charge in [0.25, 0.3) is 0 Å². The van der Waals surface area contributed by atoms with Crippen molar-refractivity contribution < 1.29 is 19.1 Å². The second-order valence-corrected chi connectivity index (χ2v) is 5.65. The normalized spacial score (nSPS) is 17.3. The zero-order chi connectivity index (χ0) is 16.8. The molecule has 23 heavy (non-hydrogen) atoms. The maximum absolute atomic E-state index is 12.5. The predicted molar refractivity (Wildman–Crippen MR) is 87.8 cm³/mol. The fourth-order valence-corrected chi connectivity index (χ4v) is 2.66. The minimum absolute atomic E-state index is 0.0520. The van der Waals surface area contributed by atoms with Crippen LogP contribution in [-0.4, -0.2) is 44.0 Å². The Morgan fingerprint density at radius 2 is 2.13 bits per heavy atom. The van der Waals surface area contributed by atoms with E-state index in [-0.39, 0.29) is 24.2 Å². The van der Waals surface area contributed by atoms with Crippen molar-refractivity contribution in [2.45, 2.75) is 26.2 Å². The average molecular weight is 320 g/mol. The van der Waals surface area contributed by atoms with Crippen LogP contribution in [0, 0.1) is 5.92 Å². The molecule has 6 heteroatoms. The molecule has 126 valence electrons. The number of hydrogen-bond acceptors (Lipinski definition) is 4. The Labute approximate surface area is 136 Å². The number of anilines is 1. The van der Waals surface area contributed by atoms with Crippen LogP contribution in [0.4, 0.5) is 5.69 Å². The standard InChI is InChI=1S/C17H24N2O4/c1-4-5-8-19-11-12(9-16(19)20)17(21)18-14-10-13(22-2)6-7-15(14)23-3/h6-7,10,12H,4-5,8-9,11H2,1-3H3,(H,18,21). The van der Waals surface area contributed by atoms with Gasteiger partial charge in [0, 0.05) is 25.6 Å². The number of methoxy groups -OCH3 is 2. The van der Waals surface area contributed by atoms with Crippen molar-refractivity contribution in [2.24, 2.45) is 5.92 Å². The first-order valence-electron chi connectivity index (χ1n) is 7.89. The van der Waals surface area contributed by atoms with Gasteiger partial charge < -0.3 is 19.7 Å². The van der Waals surface area contributed by atoms with Gasteiger partial charge in [0.05, 0.1) is 25.8 Å². The molecule has 2 rings (SSSR count). The molecule has 0 radical (unpaired) electrons. The fraction of sp³-hybridized carbons (Fsp3) is 0.529. The summed E-state index contributed by atoms with van der Waals surface area (Å²) >= 11 is 0. The lowest BCUT2D eigenvalue weighted by Gasteiger charge is -2.16. The zero-order valence-electron chi connectivity index (χ0n) is 13.9. The third-order valence-corrected chi connectivity index (χ3v) is 4.03. The Bertz CT molecular complexity index is 574. The van der Waals surface area contributed by atoms with E-state index < -0.39 is 0 Å². The van der Waals surface area contributed by atoms with Crippen molar-refractivity contribution in [1.29, 1.82) is 0 Å². The van der Waals surface area contributed by atoms with Crippen molar-refractivity contribution in [3.63, 3.8) is 0 Å². The zero-order valence-corrected chi connectivity index (χ0v) is 13.9. The van der Waals surface area contributed by atoms with Gasteiger partial charge in [-0.25, -0.2) is 0 Å². The van der Waals surface area contributed by atoms with Gasteiger partial charge in [-0.15, -0.1) is 0 Å². The average Bonchev–Trinajstić information content (AvgIpc) is 2.93. The van der Waals surface area contributed by atoms with E-state index in [2.05, 4.69) is 12.2 Å². The number of amides is 2. The van der Waals surface area contributed by atoms with Crippen molar-refractivity contribution >= 4 is 17.5 Å². The van der Waals surface area contributed by atoms with Crippen LogP contribution in [0.25, 0.3) is 0 Å². The van der Waals surface area contributed by atoms with E-state index in [4.69, 9.17) is 9.47 Å². The second-order valence-electron chi connectivity index (χ2n) is 5.65. The van der Waals surface area contributed by atoms with Crippen LogP contribution in [0.5, 0.6) is 11.5 Å². The predicted octanol–water partition coefficient (Wildman–Crippen LogP) is 2.29. The number of likely N-dealkylation sites (tertiary alicyclic amines) is 1. The molecular weight excluding hydrogens is 296 g/mol. The van der Waals surface area contributed by atoms with Crippen molar-refractivity contribution in [1.82, 2.24) is 4.90 Å². The summed E-state index contributed by atoms with van der Waals surface area (Å²) < 4.78 is 10.4. The number of ether oxygens (including phenoxy) is 2. The van der Waals surface area contributed by atoms with Crippen molar-refractivity contribution in [3.8, 4) is 11.5 Å². The maximum Gasteiger partial charge on any atom is 0.229 e. The molecule has 1 heterocycles. The molecule has 1 fully saturated rings. The van der Waals surface area contributed by atoms with Crippen LogP contribution >= 0.6 is 0 Å². The highest BCUT2D eigenvalue weighted by Gasteiger charge is 2.34. The van der Waals surface area contributed by atoms with E-state index in [1.54, 1.807) is 37.3 Å². The summed E-state index contributed by atoms with van der Waals surface area (Å²) in [4.78, 5) is 26.2. The van der Waals surface area contributed by atoms with Crippen LogP contribution in [0.1, 0.15) is 26.2 Å². The first kappa shape index (κ1) is 17.1. The van der Waals surface area contributed by atoms with Gasteiger partial charge in [-0.05, 0) is 18.6 Å². The molecule has 1 atom stereocenters. The molecule has 1 N–H and O–H groups in total. The molecule has 0 aliphatic carbocycles. The van der Waals surface area contributed by atoms with E-state index in [0.717, 1.165) is 19.4 Å². The molecule has 1 aromatic rings. The lowest BCUT2D eigenvalue weighted by Crippen LogP contribution is -2.29. The van der Waals surface area contributed by atoms with E-state index in [9.17, 15) is 9.59 Å². The summed E-state index contributed by atoms with van der Waals surface area (Å²) in [6, 6.07) is 5.21. The van der Waals surface area contributed by atoms with Gasteiger partial charge in [0.1, 0.15) is 11.5 Å². The van der Waals surface area contributed by atoms with E-state index >= 15 is 0 Å². The van der Waals surface area contributed by atoms with Crippen molar-refractivity contribution in [2.75, 3.05) is 32.6 Å². The third kappa shape index (κ3) is 4.15. The molecule has 1 saturated heterocycles. The molecule has 2 amide bonds. The van der Waals surface area contributed by atoms with E-state index in [1.165, 1.54) is 0 Å². The van der Waals surface area contributed by atoms with Gasteiger partial charge in [0.2, 0.25) is 11.8 Å². The number of unbranched alkanes of at least 4 members (excludes halogenated alkanes) is 1. The SMILES string of the molecule is CCCCN1CC(C(=O)Nc2cc(OC)ccc2OC)CC1=O. The number of carbonyl (C=O) groups excluding carboxylic acids is 2. The summed E-state index contributed by atoms with van der Waals surface area (Å²) in [5.74, 6) is 0.759. The molecular formula is C17H24N2O4. The quantitative estimate of drug-likeness (QED) is 0.837. The Morgan fingerprint density at radius 3 is 2.78 bits per heavy atom. The van der Waals surface area contributed by atoms with Crippen LogP contribution in [-0.2, 0) is 9.59 Å². The number of nitrogens with zero attached hydrogens (tertiary/aromatic N) is 1. The van der Waals surface area contributed by atoms with Gasteiger partial charge >= 0.3 is 0 Å². The Balaban J connectivity index is 2.03. The topological polar surface area (TPSA) is 67.9 Å². The molecule has 1 unspecified atom stereocenters. The summed E-state index contributed by atoms with van der Waals surface area (Å²) in [5, 5.41) is 2.85. The first-order valence-corrected chi connectivity index (χ1v) is 7.89. The number of rotatable bonds is 7. The van der Waals surface area contributed by atoms with Crippen LogP contribution < -0.4 is 14.8 Å². The molecule has 1 aromatic carbocycles. The summed E-state index contributed by atoms with van der Waals surface area (Å²) in [6.07, 6.45) is 2.26. The van der Waals surface area contributed by atoms with Gasteiger partial charge in [0.15, 0.2) is 0 Å². The maximum atomic E-state index is 12.5. The molecule has 0 saturated carbocycles. The van der Waals surface area contributed by atoms with Crippen LogP contribution in [0.3, 0.4) is 0 Å². The van der Waals surface area contributed by atoms with Crippen molar-refractivity contribution in [3.05, 3.63) is 18.2 Å². The number of benzene rings is 1. The van der Waals surface area contributed by atoms with E-state index in [0.29, 0.717) is 23.7 Å². The van der Waals surface area contributed by atoms with Gasteiger partial charge in [-0.2, -0.15) is 0 Å². The van der Waals surface area contributed by atoms with E-state index in [1.807, 2.05) is 0 Å². The summed E-state index contributed by atoms with van der Waals surface area (Å²) in [6.45, 7) is 3.29. The molecule has 0 bridgehead atoms. The molecule has 1 aliphatic rings. The van der Waals surface area contributed by atoms with Crippen LogP contribution in [0.15, 0.2) is 18.2 Å². The van der Waals surface area contributed by atoms with Gasteiger partial charge in [-0.3, -0.25) is 9.59 Å². The third-order valence-electron chi connectivity index (χ3n) is 4.03. The fourth-order valence-electron chi connectivity index (χ4n) is 2.66. The van der Waals surface area contributed by atoms with Crippen LogP contribution in [0.2, 0.25) is 0 Å². The highest BCUT2D eigenvalue weighted by atomic mass is 16.5. The number of hydrogen-bond donors (Lipinski definition) is 1. The lowest BCUT2D eigenvalue weighted by molar-refractivity contribution is -0.128. The number of nitrogens with one attached hydrogen (secondary N) is 1. The summed E-state index contributed by atoms with van der Waals surface area (Å²) in [7, 11) is 3.11. The largest absolute Gasteiger partial charge is 0.497 e. The highest BCUT2D eigenvalue weighted by Crippen LogP contribution is 2.30. The molecule has 6 nitrogen and oxygen atoms in total. The Kier molecular flexibility index (Phi) is 5.84. The molecule has 1 aliphatic heterocycles. The summed E-state index contributed by atoms with van der Waals surface area (Å²) in [5.41, 5.74) is 0.552. The first-order chi connectivity index (χ1) is 11.1. The smallest absolute Gasteiger partial charge is 0.229 e. The monoisotopic (exact) mass is 320 g/mol. The number of carbonyl (C=O) groups is 2. The minimum Gasteiger partial charge on any atom is -0.497 e. The van der Waals surface area contributed by atoms with Gasteiger partial charge in [-0.1, -0.05) is 13.3 Å².